The quantitative estimate of drug-likeness (QED) is 0.825. The number of hydrogen-bond acceptors (Lipinski definition) is 4. The van der Waals surface area contributed by atoms with Crippen LogP contribution in [0.3, 0.4) is 0 Å². The third-order valence-corrected chi connectivity index (χ3v) is 6.02. The van der Waals surface area contributed by atoms with Crippen molar-refractivity contribution in [2.45, 2.75) is 45.1 Å². The van der Waals surface area contributed by atoms with E-state index in [4.69, 9.17) is 0 Å². The summed E-state index contributed by atoms with van der Waals surface area (Å²) < 4.78 is 0. The van der Waals surface area contributed by atoms with Gasteiger partial charge < -0.3 is 15.5 Å². The van der Waals surface area contributed by atoms with Crippen LogP contribution in [0.1, 0.15) is 42.5 Å². The molecular weight excluding hydrogens is 322 g/mol. The Bertz CT molecular complexity index is 566. The molecule has 2 N–H and O–H groups in total. The van der Waals surface area contributed by atoms with Crippen LogP contribution in [-0.4, -0.2) is 42.9 Å². The van der Waals surface area contributed by atoms with Crippen LogP contribution in [0.15, 0.2) is 11.4 Å². The van der Waals surface area contributed by atoms with Crippen molar-refractivity contribution in [2.75, 3.05) is 26.2 Å². The standard InChI is InChI=1S/C18H27N3O2S/c22-17(20-9-5-14-2-1-8-19-12-14)3-4-18(23)21-10-6-16-15(13-21)7-11-24-16/h7,11,14,19H,1-6,8-10,12-13H2,(H,20,22). The van der Waals surface area contributed by atoms with E-state index < -0.39 is 0 Å². The lowest BCUT2D eigenvalue weighted by Gasteiger charge is -2.27. The first kappa shape index (κ1) is 17.4. The molecule has 2 amide bonds. The van der Waals surface area contributed by atoms with Crippen LogP contribution in [0, 0.1) is 5.92 Å². The molecule has 1 unspecified atom stereocenters. The Hall–Kier alpha value is -1.40. The van der Waals surface area contributed by atoms with Crippen molar-refractivity contribution in [3.8, 4) is 0 Å². The highest BCUT2D eigenvalue weighted by molar-refractivity contribution is 7.10. The third-order valence-electron chi connectivity index (χ3n) is 5.00. The zero-order chi connectivity index (χ0) is 16.8. The van der Waals surface area contributed by atoms with Crippen molar-refractivity contribution in [1.82, 2.24) is 15.5 Å². The number of piperidine rings is 1. The van der Waals surface area contributed by atoms with Crippen LogP contribution in [0.5, 0.6) is 0 Å². The molecule has 1 aromatic heterocycles. The summed E-state index contributed by atoms with van der Waals surface area (Å²) in [5.74, 6) is 0.771. The van der Waals surface area contributed by atoms with Gasteiger partial charge in [0.2, 0.25) is 11.8 Å². The number of hydrogen-bond donors (Lipinski definition) is 2. The molecule has 0 bridgehead atoms. The minimum absolute atomic E-state index is 0.000324. The highest BCUT2D eigenvalue weighted by Gasteiger charge is 2.21. The first-order valence-electron chi connectivity index (χ1n) is 9.03. The molecule has 0 aromatic carbocycles. The fourth-order valence-corrected chi connectivity index (χ4v) is 4.40. The van der Waals surface area contributed by atoms with E-state index in [1.807, 2.05) is 4.90 Å². The van der Waals surface area contributed by atoms with Crippen molar-refractivity contribution >= 4 is 23.2 Å². The second-order valence-corrected chi connectivity index (χ2v) is 7.79. The molecule has 5 nitrogen and oxygen atoms in total. The van der Waals surface area contributed by atoms with E-state index in [0.29, 0.717) is 25.3 Å². The van der Waals surface area contributed by atoms with Gasteiger partial charge in [0, 0.05) is 37.4 Å². The number of rotatable bonds is 6. The smallest absolute Gasteiger partial charge is 0.223 e. The van der Waals surface area contributed by atoms with Crippen LogP contribution < -0.4 is 10.6 Å². The largest absolute Gasteiger partial charge is 0.356 e. The molecule has 24 heavy (non-hydrogen) atoms. The second-order valence-electron chi connectivity index (χ2n) is 6.79. The van der Waals surface area contributed by atoms with Gasteiger partial charge >= 0.3 is 0 Å². The zero-order valence-corrected chi connectivity index (χ0v) is 15.0. The average molecular weight is 350 g/mol. The number of carbonyl (C=O) groups is 2. The molecule has 1 aromatic rings. The van der Waals surface area contributed by atoms with Crippen molar-refractivity contribution in [3.05, 3.63) is 21.9 Å². The monoisotopic (exact) mass is 349 g/mol. The maximum Gasteiger partial charge on any atom is 0.223 e. The summed E-state index contributed by atoms with van der Waals surface area (Å²) in [6, 6.07) is 2.10. The molecule has 132 valence electrons. The maximum atomic E-state index is 12.3. The molecule has 0 radical (unpaired) electrons. The van der Waals surface area contributed by atoms with Crippen molar-refractivity contribution in [1.29, 1.82) is 0 Å². The first-order chi connectivity index (χ1) is 11.7. The van der Waals surface area contributed by atoms with Gasteiger partial charge in [-0.05, 0) is 61.7 Å². The molecule has 1 atom stereocenters. The van der Waals surface area contributed by atoms with Crippen LogP contribution in [0.4, 0.5) is 0 Å². The third kappa shape index (κ3) is 4.80. The van der Waals surface area contributed by atoms with Crippen LogP contribution in [0.2, 0.25) is 0 Å². The molecule has 2 aliphatic rings. The molecule has 0 spiro atoms. The van der Waals surface area contributed by atoms with Gasteiger partial charge in [-0.3, -0.25) is 9.59 Å². The predicted octanol–water partition coefficient (Wildman–Crippen LogP) is 1.92. The van der Waals surface area contributed by atoms with E-state index in [2.05, 4.69) is 22.1 Å². The summed E-state index contributed by atoms with van der Waals surface area (Å²) >= 11 is 1.77. The molecule has 0 aliphatic carbocycles. The van der Waals surface area contributed by atoms with Gasteiger partial charge in [0.25, 0.3) is 0 Å². The van der Waals surface area contributed by atoms with Crippen LogP contribution >= 0.6 is 11.3 Å². The molecule has 1 fully saturated rings. The first-order valence-corrected chi connectivity index (χ1v) is 9.91. The van der Waals surface area contributed by atoms with E-state index in [0.717, 1.165) is 39.0 Å². The van der Waals surface area contributed by atoms with Gasteiger partial charge in [0.1, 0.15) is 0 Å². The Balaban J connectivity index is 1.32. The number of amides is 2. The van der Waals surface area contributed by atoms with Crippen LogP contribution in [-0.2, 0) is 22.6 Å². The Kier molecular flexibility index (Phi) is 6.26. The summed E-state index contributed by atoms with van der Waals surface area (Å²) in [7, 11) is 0. The van der Waals surface area contributed by atoms with Gasteiger partial charge in [0.05, 0.1) is 0 Å². The minimum Gasteiger partial charge on any atom is -0.356 e. The Morgan fingerprint density at radius 2 is 2.29 bits per heavy atom. The molecule has 3 heterocycles. The molecule has 3 rings (SSSR count). The predicted molar refractivity (Wildman–Crippen MR) is 95.9 cm³/mol. The fraction of sp³-hybridized carbons (Fsp3) is 0.667. The molecule has 1 saturated heterocycles. The van der Waals surface area contributed by atoms with Gasteiger partial charge in [-0.2, -0.15) is 0 Å². The lowest BCUT2D eigenvalue weighted by atomic mass is 9.96. The molecule has 6 heteroatoms. The maximum absolute atomic E-state index is 12.3. The SMILES string of the molecule is O=C(CCC(=O)N1CCc2sccc2C1)NCCC1CCCNC1. The normalized spacial score (nSPS) is 20.5. The summed E-state index contributed by atoms with van der Waals surface area (Å²) in [5.41, 5.74) is 1.27. The fourth-order valence-electron chi connectivity index (χ4n) is 3.51. The number of nitrogens with zero attached hydrogens (tertiary/aromatic N) is 1. The number of thiophene rings is 1. The summed E-state index contributed by atoms with van der Waals surface area (Å²) in [6.45, 7) is 4.39. The van der Waals surface area contributed by atoms with Crippen molar-refractivity contribution in [2.24, 2.45) is 5.92 Å². The van der Waals surface area contributed by atoms with Gasteiger partial charge in [-0.1, -0.05) is 0 Å². The number of nitrogens with one attached hydrogen (secondary N) is 2. The van der Waals surface area contributed by atoms with E-state index in [9.17, 15) is 9.59 Å². The lowest BCUT2D eigenvalue weighted by molar-refractivity contribution is -0.134. The highest BCUT2D eigenvalue weighted by atomic mass is 32.1. The van der Waals surface area contributed by atoms with E-state index >= 15 is 0 Å². The van der Waals surface area contributed by atoms with E-state index in [1.54, 1.807) is 11.3 Å². The van der Waals surface area contributed by atoms with Gasteiger partial charge in [-0.25, -0.2) is 0 Å². The molecule has 0 saturated carbocycles. The summed E-state index contributed by atoms with van der Waals surface area (Å²) in [5, 5.41) is 8.45. The minimum atomic E-state index is 0.000324. The average Bonchev–Trinajstić information content (AvgIpc) is 3.08. The van der Waals surface area contributed by atoms with E-state index in [-0.39, 0.29) is 11.8 Å². The second kappa shape index (κ2) is 8.62. The Morgan fingerprint density at radius 3 is 3.12 bits per heavy atom. The molecular formula is C18H27N3O2S. The Labute approximate surface area is 147 Å². The van der Waals surface area contributed by atoms with Gasteiger partial charge in [-0.15, -0.1) is 11.3 Å². The van der Waals surface area contributed by atoms with Crippen LogP contribution in [0.25, 0.3) is 0 Å². The summed E-state index contributed by atoms with van der Waals surface area (Å²) in [6.07, 6.45) is 5.07. The number of fused-ring (bicyclic) bond motifs is 1. The topological polar surface area (TPSA) is 61.4 Å². The highest BCUT2D eigenvalue weighted by Crippen LogP contribution is 2.24. The summed E-state index contributed by atoms with van der Waals surface area (Å²) in [4.78, 5) is 27.5. The van der Waals surface area contributed by atoms with Gasteiger partial charge in [0.15, 0.2) is 0 Å². The zero-order valence-electron chi connectivity index (χ0n) is 14.2. The number of carbonyl (C=O) groups excluding carboxylic acids is 2. The van der Waals surface area contributed by atoms with E-state index in [1.165, 1.54) is 23.3 Å². The van der Waals surface area contributed by atoms with Crippen molar-refractivity contribution < 1.29 is 9.59 Å². The Morgan fingerprint density at radius 1 is 1.38 bits per heavy atom. The lowest BCUT2D eigenvalue weighted by Crippen LogP contribution is -2.36. The molecule has 2 aliphatic heterocycles. The van der Waals surface area contributed by atoms with Crippen molar-refractivity contribution in [3.63, 3.8) is 0 Å².